The average molecular weight is 765 g/mol. The quantitative estimate of drug-likeness (QED) is 0.0349. The number of unbranched alkanes of at least 4 members (excludes halogenated alkanes) is 30. The Kier molecular flexibility index (Phi) is 41.3. The molecular weight excluding hydrogens is 673 g/mol. The van der Waals surface area contributed by atoms with E-state index in [1.54, 1.807) is 0 Å². The highest BCUT2D eigenvalue weighted by atomic mass is 16.6. The Labute approximate surface area is 336 Å². The Bertz CT molecular complexity index is 811. The van der Waals surface area contributed by atoms with E-state index in [1.807, 2.05) is 0 Å². The van der Waals surface area contributed by atoms with Crippen LogP contribution in [0.25, 0.3) is 0 Å². The summed E-state index contributed by atoms with van der Waals surface area (Å²) in [4.78, 5) is 37.7. The number of hydrogen-bond acceptors (Lipinski definition) is 6. The van der Waals surface area contributed by atoms with Crippen molar-refractivity contribution in [1.29, 1.82) is 0 Å². The number of ether oxygens (including phenoxy) is 3. The maximum atomic E-state index is 12.7. The summed E-state index contributed by atoms with van der Waals surface area (Å²) in [6.07, 6.45) is 42.3. The maximum Gasteiger partial charge on any atom is 0.306 e. The smallest absolute Gasteiger partial charge is 0.306 e. The van der Waals surface area contributed by atoms with Gasteiger partial charge in [0.2, 0.25) is 0 Å². The van der Waals surface area contributed by atoms with Crippen molar-refractivity contribution in [2.75, 3.05) is 13.2 Å². The van der Waals surface area contributed by atoms with Gasteiger partial charge < -0.3 is 14.2 Å². The molecule has 0 radical (unpaired) electrons. The number of hydrogen-bond donors (Lipinski definition) is 0. The summed E-state index contributed by atoms with van der Waals surface area (Å²) >= 11 is 0. The molecule has 6 heteroatoms. The van der Waals surface area contributed by atoms with Crippen LogP contribution in [0.1, 0.15) is 265 Å². The van der Waals surface area contributed by atoms with Gasteiger partial charge in [-0.05, 0) is 25.2 Å². The SMILES string of the molecule is CCCCCCCCCCCCCCCCC(=O)OC[C@@H](COC(=O)CCCCCCCCCCCC(C)C)OC(=O)CCCCCCCCCCCC. The monoisotopic (exact) mass is 765 g/mol. The van der Waals surface area contributed by atoms with E-state index in [2.05, 4.69) is 27.7 Å². The van der Waals surface area contributed by atoms with Gasteiger partial charge >= 0.3 is 17.9 Å². The van der Waals surface area contributed by atoms with Crippen LogP contribution in [0.15, 0.2) is 0 Å². The fourth-order valence-corrected chi connectivity index (χ4v) is 7.16. The first-order valence-electron chi connectivity index (χ1n) is 23.9. The zero-order chi connectivity index (χ0) is 39.6. The first-order valence-corrected chi connectivity index (χ1v) is 23.9. The van der Waals surface area contributed by atoms with E-state index in [1.165, 1.54) is 161 Å². The molecule has 0 aromatic carbocycles. The van der Waals surface area contributed by atoms with Gasteiger partial charge in [0, 0.05) is 19.3 Å². The molecule has 0 saturated heterocycles. The van der Waals surface area contributed by atoms with Gasteiger partial charge in [-0.3, -0.25) is 14.4 Å². The number of esters is 3. The van der Waals surface area contributed by atoms with Crippen molar-refractivity contribution >= 4 is 17.9 Å². The van der Waals surface area contributed by atoms with Gasteiger partial charge in [0.15, 0.2) is 6.10 Å². The summed E-state index contributed by atoms with van der Waals surface area (Å²) in [6, 6.07) is 0. The molecule has 0 aromatic rings. The van der Waals surface area contributed by atoms with Crippen LogP contribution in [0.3, 0.4) is 0 Å². The third-order valence-corrected chi connectivity index (χ3v) is 10.8. The molecule has 54 heavy (non-hydrogen) atoms. The lowest BCUT2D eigenvalue weighted by atomic mass is 10.0. The Hall–Kier alpha value is -1.59. The third kappa shape index (κ3) is 41.6. The third-order valence-electron chi connectivity index (χ3n) is 10.8. The van der Waals surface area contributed by atoms with Crippen LogP contribution in [-0.2, 0) is 28.6 Å². The highest BCUT2D eigenvalue weighted by molar-refractivity contribution is 5.71. The second-order valence-corrected chi connectivity index (χ2v) is 16.9. The van der Waals surface area contributed by atoms with Crippen LogP contribution in [-0.4, -0.2) is 37.2 Å². The standard InChI is InChI=1S/C48H92O6/c1-5-7-9-11-13-15-17-18-19-20-24-27-31-35-39-46(49)52-42-45(54-48(51)41-37-33-29-23-16-14-12-10-8-6-2)43-53-47(50)40-36-32-28-25-21-22-26-30-34-38-44(3)4/h44-45H,5-43H2,1-4H3/t45-/m0/s1. The molecule has 0 aliphatic rings. The van der Waals surface area contributed by atoms with Crippen molar-refractivity contribution in [3.8, 4) is 0 Å². The van der Waals surface area contributed by atoms with E-state index < -0.39 is 6.10 Å². The predicted molar refractivity (Wildman–Crippen MR) is 229 cm³/mol. The minimum absolute atomic E-state index is 0.0635. The average Bonchev–Trinajstić information content (AvgIpc) is 3.15. The molecule has 0 rings (SSSR count). The predicted octanol–water partition coefficient (Wildman–Crippen LogP) is 15.1. The van der Waals surface area contributed by atoms with E-state index in [-0.39, 0.29) is 31.1 Å². The van der Waals surface area contributed by atoms with Crippen LogP contribution in [0, 0.1) is 5.92 Å². The van der Waals surface area contributed by atoms with E-state index in [0.717, 1.165) is 63.7 Å². The molecule has 0 aliphatic heterocycles. The van der Waals surface area contributed by atoms with Crippen LogP contribution >= 0.6 is 0 Å². The molecular formula is C48H92O6. The van der Waals surface area contributed by atoms with Crippen molar-refractivity contribution < 1.29 is 28.6 Å². The second-order valence-electron chi connectivity index (χ2n) is 16.9. The maximum absolute atomic E-state index is 12.7. The second kappa shape index (κ2) is 42.6. The molecule has 0 aromatic heterocycles. The fraction of sp³-hybridized carbons (Fsp3) is 0.938. The summed E-state index contributed by atoms with van der Waals surface area (Å²) in [5, 5.41) is 0. The largest absolute Gasteiger partial charge is 0.462 e. The molecule has 0 heterocycles. The minimum atomic E-state index is -0.759. The Balaban J connectivity index is 4.30. The normalized spacial score (nSPS) is 11.9. The highest BCUT2D eigenvalue weighted by Gasteiger charge is 2.19. The van der Waals surface area contributed by atoms with Crippen LogP contribution < -0.4 is 0 Å². The molecule has 0 spiro atoms. The van der Waals surface area contributed by atoms with Crippen molar-refractivity contribution in [3.63, 3.8) is 0 Å². The zero-order valence-electron chi connectivity index (χ0n) is 36.7. The van der Waals surface area contributed by atoms with Gasteiger partial charge in [-0.1, -0.05) is 227 Å². The molecule has 0 N–H and O–H groups in total. The molecule has 0 unspecified atom stereocenters. The number of rotatable bonds is 43. The van der Waals surface area contributed by atoms with Gasteiger partial charge in [0.05, 0.1) is 0 Å². The summed E-state index contributed by atoms with van der Waals surface area (Å²) < 4.78 is 16.7. The van der Waals surface area contributed by atoms with Gasteiger partial charge in [-0.2, -0.15) is 0 Å². The summed E-state index contributed by atoms with van der Waals surface area (Å²) in [5.74, 6) is -0.0439. The molecule has 0 bridgehead atoms. The first kappa shape index (κ1) is 52.4. The summed E-state index contributed by atoms with van der Waals surface area (Å²) in [7, 11) is 0. The Morgan fingerprint density at radius 3 is 0.907 bits per heavy atom. The van der Waals surface area contributed by atoms with Gasteiger partial charge in [0.1, 0.15) is 13.2 Å². The summed E-state index contributed by atoms with van der Waals surface area (Å²) in [6.45, 7) is 8.98. The van der Waals surface area contributed by atoms with Crippen molar-refractivity contribution in [2.45, 2.75) is 271 Å². The van der Waals surface area contributed by atoms with E-state index in [4.69, 9.17) is 14.2 Å². The fourth-order valence-electron chi connectivity index (χ4n) is 7.16. The van der Waals surface area contributed by atoms with Crippen molar-refractivity contribution in [1.82, 2.24) is 0 Å². The van der Waals surface area contributed by atoms with Crippen molar-refractivity contribution in [3.05, 3.63) is 0 Å². The van der Waals surface area contributed by atoms with E-state index in [0.29, 0.717) is 19.3 Å². The van der Waals surface area contributed by atoms with Crippen LogP contribution in [0.4, 0.5) is 0 Å². The highest BCUT2D eigenvalue weighted by Crippen LogP contribution is 2.16. The molecule has 0 aliphatic carbocycles. The zero-order valence-corrected chi connectivity index (χ0v) is 36.7. The lowest BCUT2D eigenvalue weighted by Crippen LogP contribution is -2.30. The van der Waals surface area contributed by atoms with Crippen LogP contribution in [0.5, 0.6) is 0 Å². The number of carbonyl (C=O) groups excluding carboxylic acids is 3. The first-order chi connectivity index (χ1) is 26.4. The molecule has 1 atom stereocenters. The Morgan fingerprint density at radius 1 is 0.352 bits per heavy atom. The topological polar surface area (TPSA) is 78.9 Å². The number of carbonyl (C=O) groups is 3. The van der Waals surface area contributed by atoms with Gasteiger partial charge in [0.25, 0.3) is 0 Å². The molecule has 0 saturated carbocycles. The van der Waals surface area contributed by atoms with Gasteiger partial charge in [-0.15, -0.1) is 0 Å². The Morgan fingerprint density at radius 2 is 0.611 bits per heavy atom. The molecule has 0 fully saturated rings. The minimum Gasteiger partial charge on any atom is -0.462 e. The molecule has 320 valence electrons. The van der Waals surface area contributed by atoms with Crippen LogP contribution in [0.2, 0.25) is 0 Å². The van der Waals surface area contributed by atoms with E-state index >= 15 is 0 Å². The molecule has 0 amide bonds. The van der Waals surface area contributed by atoms with E-state index in [9.17, 15) is 14.4 Å². The van der Waals surface area contributed by atoms with Gasteiger partial charge in [-0.25, -0.2) is 0 Å². The summed E-state index contributed by atoms with van der Waals surface area (Å²) in [5.41, 5.74) is 0. The lowest BCUT2D eigenvalue weighted by molar-refractivity contribution is -0.167. The molecule has 6 nitrogen and oxygen atoms in total. The lowest BCUT2D eigenvalue weighted by Gasteiger charge is -2.18. The van der Waals surface area contributed by atoms with Crippen molar-refractivity contribution in [2.24, 2.45) is 5.92 Å².